The number of rotatable bonds is 16. The quantitative estimate of drug-likeness (QED) is 0.110. The molecule has 2 aromatic rings. The van der Waals surface area contributed by atoms with E-state index in [4.69, 9.17) is 10.5 Å². The molecule has 3 heterocycles. The molecule has 0 amide bonds. The van der Waals surface area contributed by atoms with Crippen LogP contribution in [0.5, 0.6) is 0 Å². The first-order chi connectivity index (χ1) is 18.3. The van der Waals surface area contributed by atoms with Crippen LogP contribution in [0.15, 0.2) is 12.7 Å². The van der Waals surface area contributed by atoms with Crippen LogP contribution in [-0.4, -0.2) is 74.9 Å². The number of phosphoric ester groups is 2. The van der Waals surface area contributed by atoms with Gasteiger partial charge in [-0.25, -0.2) is 23.6 Å². The summed E-state index contributed by atoms with van der Waals surface area (Å²) in [6.45, 7) is -0.646. The van der Waals surface area contributed by atoms with Crippen LogP contribution in [-0.2, 0) is 36.1 Å². The molecule has 0 saturated carbocycles. The third-order valence-electron chi connectivity index (χ3n) is 5.37. The molecule has 1 aliphatic heterocycles. The summed E-state index contributed by atoms with van der Waals surface area (Å²) in [6.07, 6.45) is -1.36. The molecule has 0 bridgehead atoms. The van der Waals surface area contributed by atoms with E-state index >= 15 is 0 Å². The average Bonchev–Trinajstić information content (AvgIpc) is 3.37. The molecule has 4 unspecified atom stereocenters. The third kappa shape index (κ3) is 10.7. The Bertz CT molecular complexity index is 1250. The van der Waals surface area contributed by atoms with E-state index in [1.807, 2.05) is 0 Å². The topological polar surface area (TPSA) is 325 Å². The van der Waals surface area contributed by atoms with Crippen LogP contribution in [0, 0.1) is 0 Å². The van der Waals surface area contributed by atoms with Crippen LogP contribution in [0.1, 0.15) is 39.3 Å². The summed E-state index contributed by atoms with van der Waals surface area (Å²) < 4.78 is 58.7. The maximum absolute atomic E-state index is 12.0. The van der Waals surface area contributed by atoms with Crippen LogP contribution >= 0.6 is 23.5 Å². The standard InChI is InChI=1S/C17H31N6O13P3.CH4.H3N/c1-19-6-4-2-3-5-7-32-37(26,27)35-39(30,31)36-38(28,29)33-8-11-13(24)14(25)17(34-11)23-10-22-12-15(18)20-9-21-16(12)23;;/h9-11,13-14,17,19,24-25H,2-8H2,1H3,(H,26,27)(H,28,29)(H,30,31)(H2,18,20,21);1H4;1H3/p-2/t11-,13+,14?,17-;;/m1../s1. The summed E-state index contributed by atoms with van der Waals surface area (Å²) in [5.41, 5.74) is 6.02. The summed E-state index contributed by atoms with van der Waals surface area (Å²) in [5.74, 6) is 0.0357. The largest absolute Gasteiger partial charge is 0.756 e. The maximum Gasteiger partial charge on any atom is 0.280 e. The van der Waals surface area contributed by atoms with Crippen molar-refractivity contribution in [3.63, 3.8) is 0 Å². The van der Waals surface area contributed by atoms with Crippen LogP contribution in [0.4, 0.5) is 5.82 Å². The third-order valence-corrected chi connectivity index (χ3v) is 9.53. The van der Waals surface area contributed by atoms with Crippen molar-refractivity contribution >= 4 is 40.4 Å². The van der Waals surface area contributed by atoms with E-state index in [1.54, 1.807) is 7.05 Å². The minimum absolute atomic E-state index is 0. The first-order valence-corrected chi connectivity index (χ1v) is 15.9. The Labute approximate surface area is 235 Å². The minimum Gasteiger partial charge on any atom is -0.756 e. The van der Waals surface area contributed by atoms with E-state index < -0.39 is 61.2 Å². The number of aliphatic hydroxyl groups excluding tert-OH is 2. The number of nitrogens with one attached hydrogen (secondary N) is 1. The lowest BCUT2D eigenvalue weighted by atomic mass is 10.1. The summed E-state index contributed by atoms with van der Waals surface area (Å²) in [5, 5.41) is 23.6. The lowest BCUT2D eigenvalue weighted by Crippen LogP contribution is -2.34. The van der Waals surface area contributed by atoms with Gasteiger partial charge in [-0.3, -0.25) is 18.3 Å². The maximum atomic E-state index is 12.0. The highest BCUT2D eigenvalue weighted by atomic mass is 31.3. The number of imidazole rings is 1. The van der Waals surface area contributed by atoms with Gasteiger partial charge in [-0.2, -0.15) is 0 Å². The Kier molecular flexibility index (Phi) is 14.5. The predicted molar refractivity (Wildman–Crippen MR) is 138 cm³/mol. The molecule has 2 aromatic heterocycles. The number of hydrogen-bond donors (Lipinski definition) is 5. The zero-order valence-electron chi connectivity index (χ0n) is 21.5. The molecular formula is C18H36N7O13P3-2. The molecule has 0 radical (unpaired) electrons. The van der Waals surface area contributed by atoms with Gasteiger partial charge in [0.2, 0.25) is 0 Å². The van der Waals surface area contributed by atoms with Gasteiger partial charge in [-0.05, 0) is 26.4 Å². The molecule has 1 fully saturated rings. The second-order valence-corrected chi connectivity index (χ2v) is 12.8. The molecule has 238 valence electrons. The number of quaternary nitrogens is 1. The zero-order chi connectivity index (χ0) is 28.8. The Morgan fingerprint density at radius 1 is 1.00 bits per heavy atom. The van der Waals surface area contributed by atoms with Crippen molar-refractivity contribution in [1.29, 1.82) is 0 Å². The van der Waals surface area contributed by atoms with Gasteiger partial charge in [-0.1, -0.05) is 20.3 Å². The van der Waals surface area contributed by atoms with Gasteiger partial charge in [0.1, 0.15) is 30.2 Å². The molecule has 7 atom stereocenters. The number of hydrogen-bond acceptors (Lipinski definition) is 18. The monoisotopic (exact) mass is 651 g/mol. The number of aliphatic hydroxyl groups is 2. The molecule has 0 spiro atoms. The molecule has 1 aliphatic rings. The Hall–Kier alpha value is -1.44. The van der Waals surface area contributed by atoms with Gasteiger partial charge in [0.15, 0.2) is 17.7 Å². The van der Waals surface area contributed by atoms with Gasteiger partial charge >= 0.3 is 0 Å². The van der Waals surface area contributed by atoms with Gasteiger partial charge in [0.25, 0.3) is 23.5 Å². The molecule has 20 nitrogen and oxygen atoms in total. The Morgan fingerprint density at radius 2 is 1.63 bits per heavy atom. The minimum atomic E-state index is -6.03. The van der Waals surface area contributed by atoms with Crippen molar-refractivity contribution in [3.8, 4) is 0 Å². The normalized spacial score (nSPS) is 25.0. The van der Waals surface area contributed by atoms with Crippen molar-refractivity contribution in [1.82, 2.24) is 31.0 Å². The first kappa shape index (κ1) is 37.6. The zero-order valence-corrected chi connectivity index (χ0v) is 24.2. The molecule has 9 N–H and O–H groups in total. The second-order valence-electron chi connectivity index (χ2n) is 8.28. The fourth-order valence-electron chi connectivity index (χ4n) is 3.56. The van der Waals surface area contributed by atoms with Crippen molar-refractivity contribution in [2.24, 2.45) is 0 Å². The fourth-order valence-corrected chi connectivity index (χ4v) is 6.96. The number of aromatic nitrogens is 4. The van der Waals surface area contributed by atoms with Gasteiger partial charge in [0, 0.05) is 0 Å². The van der Waals surface area contributed by atoms with Crippen LogP contribution in [0.2, 0.25) is 0 Å². The summed E-state index contributed by atoms with van der Waals surface area (Å²) in [7, 11) is -15.5. The molecular weight excluding hydrogens is 615 g/mol. The fraction of sp³-hybridized carbons (Fsp3) is 0.722. The highest BCUT2D eigenvalue weighted by Crippen LogP contribution is 2.63. The van der Waals surface area contributed by atoms with E-state index in [0.29, 0.717) is 6.42 Å². The summed E-state index contributed by atoms with van der Waals surface area (Å²) in [6, 6.07) is 0. The SMILES string of the molecule is C.CNCCCCCCOP(=O)([O-])OP(=O)([O-])OP(=O)([O-])OC[C@H]1O[C@@H](n2cnc3c(N)ncnc32)C(O)[C@H]1O.[NH4+]. The average molecular weight is 651 g/mol. The van der Waals surface area contributed by atoms with Crippen molar-refractivity contribution in [2.75, 3.05) is 32.5 Å². The number of anilines is 1. The lowest BCUT2D eigenvalue weighted by molar-refractivity contribution is -0.251. The molecule has 0 aliphatic carbocycles. The van der Waals surface area contributed by atoms with E-state index in [2.05, 4.69) is 37.9 Å². The number of unbranched alkanes of at least 4 members (excludes halogenated alkanes) is 3. The summed E-state index contributed by atoms with van der Waals surface area (Å²) in [4.78, 5) is 47.4. The van der Waals surface area contributed by atoms with Gasteiger partial charge in [0.05, 0.1) is 19.5 Å². The van der Waals surface area contributed by atoms with E-state index in [-0.39, 0.29) is 37.0 Å². The second kappa shape index (κ2) is 15.9. The molecule has 0 aromatic carbocycles. The lowest BCUT2D eigenvalue weighted by Gasteiger charge is -2.34. The Balaban J connectivity index is 0.00000420. The van der Waals surface area contributed by atoms with Crippen molar-refractivity contribution in [2.45, 2.75) is 57.6 Å². The molecule has 23 heteroatoms. The molecule has 1 saturated heterocycles. The van der Waals surface area contributed by atoms with Crippen LogP contribution < -0.4 is 31.9 Å². The number of ether oxygens (including phenoxy) is 1. The van der Waals surface area contributed by atoms with E-state index in [9.17, 15) is 38.6 Å². The summed E-state index contributed by atoms with van der Waals surface area (Å²) >= 11 is 0. The van der Waals surface area contributed by atoms with Crippen molar-refractivity contribution in [3.05, 3.63) is 12.7 Å². The van der Waals surface area contributed by atoms with E-state index in [1.165, 1.54) is 10.9 Å². The first-order valence-electron chi connectivity index (χ1n) is 11.5. The smallest absolute Gasteiger partial charge is 0.280 e. The van der Waals surface area contributed by atoms with Crippen LogP contribution in [0.25, 0.3) is 11.2 Å². The molecule has 41 heavy (non-hydrogen) atoms. The number of phosphoric acid groups is 3. The number of fused-ring (bicyclic) bond motifs is 1. The van der Waals surface area contributed by atoms with Crippen molar-refractivity contribution < 1.29 is 61.0 Å². The van der Waals surface area contributed by atoms with Gasteiger partial charge in [-0.15, -0.1) is 0 Å². The highest BCUT2D eigenvalue weighted by molar-refractivity contribution is 7.65. The predicted octanol–water partition coefficient (Wildman–Crippen LogP) is -0.709. The van der Waals surface area contributed by atoms with Crippen LogP contribution in [0.3, 0.4) is 0 Å². The molecule has 3 rings (SSSR count). The number of nitrogens with two attached hydrogens (primary N) is 1. The highest BCUT2D eigenvalue weighted by Gasteiger charge is 2.45. The number of nitrogen functional groups attached to an aromatic ring is 1. The van der Waals surface area contributed by atoms with Gasteiger partial charge < -0.3 is 55.9 Å². The Morgan fingerprint density at radius 3 is 2.29 bits per heavy atom. The van der Waals surface area contributed by atoms with E-state index in [0.717, 1.165) is 25.7 Å². The number of nitrogens with zero attached hydrogens (tertiary/aromatic N) is 4.